The summed E-state index contributed by atoms with van der Waals surface area (Å²) >= 11 is 1.73. The van der Waals surface area contributed by atoms with Gasteiger partial charge in [0.05, 0.1) is 6.61 Å². The maximum absolute atomic E-state index is 9.48. The molecule has 0 saturated carbocycles. The second-order valence-electron chi connectivity index (χ2n) is 2.63. The highest BCUT2D eigenvalue weighted by atomic mass is 32.2. The lowest BCUT2D eigenvalue weighted by atomic mass is 10.2. The Labute approximate surface area is 75.6 Å². The van der Waals surface area contributed by atoms with Gasteiger partial charge in [-0.1, -0.05) is 18.2 Å². The van der Waals surface area contributed by atoms with Crippen LogP contribution in [0.1, 0.15) is 11.0 Å². The molecule has 2 nitrogen and oxygen atoms in total. The summed E-state index contributed by atoms with van der Waals surface area (Å²) in [5, 5.41) is 9.48. The Bertz CT molecular complexity index is 269. The number of para-hydroxylation sites is 1. The van der Waals surface area contributed by atoms with E-state index in [2.05, 4.69) is 0 Å². The molecule has 0 spiro atoms. The van der Waals surface area contributed by atoms with Gasteiger partial charge in [0.2, 0.25) is 0 Å². The van der Waals surface area contributed by atoms with Gasteiger partial charge in [0, 0.05) is 11.3 Å². The third-order valence-corrected chi connectivity index (χ3v) is 2.91. The molecule has 1 N–H and O–H groups in total. The third kappa shape index (κ3) is 1.42. The maximum atomic E-state index is 9.48. The number of hydrogen-bond donors (Lipinski definition) is 1. The quantitative estimate of drug-likeness (QED) is 0.721. The van der Waals surface area contributed by atoms with Gasteiger partial charge in [-0.25, -0.2) is 0 Å². The normalized spacial score (nSPS) is 22.8. The van der Waals surface area contributed by atoms with Crippen molar-refractivity contribution < 1.29 is 9.84 Å². The van der Waals surface area contributed by atoms with Gasteiger partial charge in [-0.05, 0) is 6.07 Å². The Morgan fingerprint density at radius 2 is 2.25 bits per heavy atom. The van der Waals surface area contributed by atoms with Crippen LogP contribution in [0.2, 0.25) is 0 Å². The average Bonchev–Trinajstić information content (AvgIpc) is 2.57. The van der Waals surface area contributed by atoms with Gasteiger partial charge < -0.3 is 9.84 Å². The smallest absolute Gasteiger partial charge is 0.132 e. The van der Waals surface area contributed by atoms with Crippen molar-refractivity contribution in [1.29, 1.82) is 0 Å². The van der Waals surface area contributed by atoms with Gasteiger partial charge in [-0.3, -0.25) is 0 Å². The van der Waals surface area contributed by atoms with Gasteiger partial charge in [0.15, 0.2) is 0 Å². The van der Waals surface area contributed by atoms with Crippen LogP contribution in [0.3, 0.4) is 0 Å². The second-order valence-corrected chi connectivity index (χ2v) is 3.80. The van der Waals surface area contributed by atoms with Gasteiger partial charge >= 0.3 is 0 Å². The lowest BCUT2D eigenvalue weighted by Gasteiger charge is -2.09. The van der Waals surface area contributed by atoms with Crippen LogP contribution in [0, 0.1) is 0 Å². The standard InChI is InChI=1S/C9H10O2S/c10-8-4-2-1-3-7(8)9-11-5-6-12-9/h1-4,9-10H,5-6H2. The molecule has 1 saturated heterocycles. The number of thioether (sulfide) groups is 1. The van der Waals surface area contributed by atoms with E-state index in [1.54, 1.807) is 17.8 Å². The summed E-state index contributed by atoms with van der Waals surface area (Å²) in [7, 11) is 0. The largest absolute Gasteiger partial charge is 0.508 e. The molecule has 3 heteroatoms. The molecule has 0 radical (unpaired) electrons. The highest BCUT2D eigenvalue weighted by molar-refractivity contribution is 7.99. The first-order valence-corrected chi connectivity index (χ1v) is 4.94. The van der Waals surface area contributed by atoms with Crippen molar-refractivity contribution in [3.8, 4) is 5.75 Å². The first kappa shape index (κ1) is 7.95. The Kier molecular flexibility index (Phi) is 2.23. The minimum atomic E-state index is 0.0335. The number of phenolic OH excluding ortho intramolecular Hbond substituents is 1. The first-order valence-electron chi connectivity index (χ1n) is 3.89. The van der Waals surface area contributed by atoms with Gasteiger partial charge in [0.1, 0.15) is 11.2 Å². The van der Waals surface area contributed by atoms with Crippen molar-refractivity contribution in [2.75, 3.05) is 12.4 Å². The van der Waals surface area contributed by atoms with E-state index in [1.165, 1.54) is 0 Å². The topological polar surface area (TPSA) is 29.5 Å². The van der Waals surface area contributed by atoms with Crippen LogP contribution in [-0.2, 0) is 4.74 Å². The SMILES string of the molecule is Oc1ccccc1C1OCCS1. The lowest BCUT2D eigenvalue weighted by molar-refractivity contribution is 0.143. The third-order valence-electron chi connectivity index (χ3n) is 1.81. The predicted molar refractivity (Wildman–Crippen MR) is 49.3 cm³/mol. The van der Waals surface area contributed by atoms with Crippen LogP contribution in [0.5, 0.6) is 5.75 Å². The summed E-state index contributed by atoms with van der Waals surface area (Å²) in [6.45, 7) is 0.781. The van der Waals surface area contributed by atoms with Crippen LogP contribution in [0.25, 0.3) is 0 Å². The zero-order valence-corrected chi connectivity index (χ0v) is 7.38. The molecule has 0 amide bonds. The molecule has 1 fully saturated rings. The molecule has 1 aromatic carbocycles. The number of rotatable bonds is 1. The Hall–Kier alpha value is -0.670. The predicted octanol–water partition coefficient (Wildman–Crippen LogP) is 2.15. The summed E-state index contributed by atoms with van der Waals surface area (Å²) in [5.41, 5.74) is 0.922. The van der Waals surface area contributed by atoms with E-state index < -0.39 is 0 Å². The number of aromatic hydroxyl groups is 1. The van der Waals surface area contributed by atoms with Crippen LogP contribution in [0.4, 0.5) is 0 Å². The van der Waals surface area contributed by atoms with Gasteiger partial charge in [-0.2, -0.15) is 0 Å². The van der Waals surface area contributed by atoms with E-state index in [9.17, 15) is 5.11 Å². The fourth-order valence-electron chi connectivity index (χ4n) is 1.22. The van der Waals surface area contributed by atoms with Crippen molar-refractivity contribution in [2.24, 2.45) is 0 Å². The summed E-state index contributed by atoms with van der Waals surface area (Å²) in [6, 6.07) is 7.33. The van der Waals surface area contributed by atoms with Crippen molar-refractivity contribution in [3.63, 3.8) is 0 Å². The molecule has 1 atom stereocenters. The van der Waals surface area contributed by atoms with Crippen LogP contribution >= 0.6 is 11.8 Å². The molecular formula is C9H10O2S. The summed E-state index contributed by atoms with van der Waals surface area (Å²) in [6.07, 6.45) is 0. The molecule has 1 aliphatic heterocycles. The van der Waals surface area contributed by atoms with Crippen LogP contribution in [0.15, 0.2) is 24.3 Å². The summed E-state index contributed by atoms with van der Waals surface area (Å²) in [4.78, 5) is 0. The molecule has 1 aromatic rings. The van der Waals surface area contributed by atoms with Gasteiger partial charge in [-0.15, -0.1) is 11.8 Å². The summed E-state index contributed by atoms with van der Waals surface area (Å²) in [5.74, 6) is 1.34. The van der Waals surface area contributed by atoms with Crippen molar-refractivity contribution in [2.45, 2.75) is 5.44 Å². The second kappa shape index (κ2) is 3.37. The van der Waals surface area contributed by atoms with Crippen LogP contribution < -0.4 is 0 Å². The van der Waals surface area contributed by atoms with Crippen molar-refractivity contribution in [3.05, 3.63) is 29.8 Å². The fourth-order valence-corrected chi connectivity index (χ4v) is 2.20. The number of hydrogen-bond acceptors (Lipinski definition) is 3. The molecule has 64 valence electrons. The van der Waals surface area contributed by atoms with E-state index in [0.717, 1.165) is 17.9 Å². The molecule has 12 heavy (non-hydrogen) atoms. The monoisotopic (exact) mass is 182 g/mol. The Balaban J connectivity index is 2.26. The molecule has 1 unspecified atom stereocenters. The lowest BCUT2D eigenvalue weighted by Crippen LogP contribution is -1.92. The number of phenols is 1. The number of ether oxygens (including phenoxy) is 1. The van der Waals surface area contributed by atoms with E-state index in [4.69, 9.17) is 4.74 Å². The van der Waals surface area contributed by atoms with E-state index >= 15 is 0 Å². The number of benzene rings is 1. The fraction of sp³-hybridized carbons (Fsp3) is 0.333. The molecule has 1 heterocycles. The van der Waals surface area contributed by atoms with Gasteiger partial charge in [0.25, 0.3) is 0 Å². The maximum Gasteiger partial charge on any atom is 0.132 e. The molecule has 2 rings (SSSR count). The molecule has 1 aliphatic rings. The zero-order chi connectivity index (χ0) is 8.39. The molecule has 0 bridgehead atoms. The van der Waals surface area contributed by atoms with E-state index in [0.29, 0.717) is 5.75 Å². The average molecular weight is 182 g/mol. The Morgan fingerprint density at radius 3 is 2.92 bits per heavy atom. The molecule has 0 aliphatic carbocycles. The van der Waals surface area contributed by atoms with E-state index in [1.807, 2.05) is 18.2 Å². The zero-order valence-electron chi connectivity index (χ0n) is 6.56. The Morgan fingerprint density at radius 1 is 1.42 bits per heavy atom. The van der Waals surface area contributed by atoms with Crippen molar-refractivity contribution in [1.82, 2.24) is 0 Å². The molecule has 0 aromatic heterocycles. The minimum absolute atomic E-state index is 0.0335. The minimum Gasteiger partial charge on any atom is -0.508 e. The summed E-state index contributed by atoms with van der Waals surface area (Å²) < 4.78 is 5.42. The molecular weight excluding hydrogens is 172 g/mol. The van der Waals surface area contributed by atoms with Crippen LogP contribution in [-0.4, -0.2) is 17.5 Å². The highest BCUT2D eigenvalue weighted by Crippen LogP contribution is 2.38. The van der Waals surface area contributed by atoms with Crippen molar-refractivity contribution >= 4 is 11.8 Å². The first-order chi connectivity index (χ1) is 5.88. The van der Waals surface area contributed by atoms with E-state index in [-0.39, 0.29) is 5.44 Å². The highest BCUT2D eigenvalue weighted by Gasteiger charge is 2.20.